The van der Waals surface area contributed by atoms with Crippen molar-refractivity contribution in [1.82, 2.24) is 5.32 Å². The number of nitrogens with one attached hydrogen (secondary N) is 1. The molecule has 3 N–H and O–H groups in total. The van der Waals surface area contributed by atoms with Crippen LogP contribution in [0.1, 0.15) is 27.2 Å². The first-order valence-corrected chi connectivity index (χ1v) is 7.09. The molecule has 0 amide bonds. The Morgan fingerprint density at radius 1 is 1.29 bits per heavy atom. The number of nitrogens with two attached hydrogens (primary N) is 1. The molecule has 1 atom stereocenters. The van der Waals surface area contributed by atoms with Crippen LogP contribution in [0.4, 0.5) is 0 Å². The van der Waals surface area contributed by atoms with Crippen molar-refractivity contribution < 1.29 is 8.85 Å². The average molecular weight is 220 g/mol. The molecule has 14 heavy (non-hydrogen) atoms. The first kappa shape index (κ1) is 14.1. The standard InChI is InChI=1S/C9H24N2O2Si/c1-6-11-9(7-8(2)3)14(10,12-4)13-5/h8-9,11H,6-7,10H2,1-5H3. The third-order valence-corrected chi connectivity index (χ3v) is 4.97. The Hall–Kier alpha value is 0.0569. The summed E-state index contributed by atoms with van der Waals surface area (Å²) >= 11 is 0. The monoisotopic (exact) mass is 220 g/mol. The van der Waals surface area contributed by atoms with Crippen LogP contribution in [0, 0.1) is 5.92 Å². The van der Waals surface area contributed by atoms with Gasteiger partial charge < -0.3 is 19.6 Å². The molecule has 0 rings (SSSR count). The summed E-state index contributed by atoms with van der Waals surface area (Å²) in [4.78, 5) is 0. The van der Waals surface area contributed by atoms with E-state index in [9.17, 15) is 0 Å². The zero-order valence-electron chi connectivity index (χ0n) is 9.96. The quantitative estimate of drug-likeness (QED) is 0.621. The summed E-state index contributed by atoms with van der Waals surface area (Å²) in [6.07, 6.45) is 0.984. The summed E-state index contributed by atoms with van der Waals surface area (Å²) in [5.41, 5.74) is 0.155. The van der Waals surface area contributed by atoms with E-state index in [1.807, 2.05) is 0 Å². The minimum Gasteiger partial charge on any atom is -0.385 e. The highest BCUT2D eigenvalue weighted by Gasteiger charge is 2.41. The molecule has 0 aromatic rings. The summed E-state index contributed by atoms with van der Waals surface area (Å²) in [7, 11) is 0.729. The summed E-state index contributed by atoms with van der Waals surface area (Å²) in [5.74, 6) is 0.583. The molecule has 0 radical (unpaired) electrons. The molecule has 0 aromatic carbocycles. The van der Waals surface area contributed by atoms with Crippen molar-refractivity contribution in [2.75, 3.05) is 20.8 Å². The molecule has 1 unspecified atom stereocenters. The van der Waals surface area contributed by atoms with Crippen molar-refractivity contribution in [2.45, 2.75) is 32.9 Å². The lowest BCUT2D eigenvalue weighted by molar-refractivity contribution is 0.217. The van der Waals surface area contributed by atoms with Crippen LogP contribution in [0.25, 0.3) is 0 Å². The SMILES string of the molecule is CCNC(CC(C)C)[Si](N)(OC)OC. The lowest BCUT2D eigenvalue weighted by Crippen LogP contribution is -2.66. The van der Waals surface area contributed by atoms with Gasteiger partial charge in [-0.25, -0.2) is 0 Å². The van der Waals surface area contributed by atoms with Gasteiger partial charge in [0.1, 0.15) is 0 Å². The van der Waals surface area contributed by atoms with E-state index in [0.717, 1.165) is 13.0 Å². The van der Waals surface area contributed by atoms with E-state index in [0.29, 0.717) is 5.92 Å². The maximum Gasteiger partial charge on any atom is 0.439 e. The molecule has 0 aliphatic carbocycles. The number of hydrogen-bond acceptors (Lipinski definition) is 4. The second-order valence-electron chi connectivity index (χ2n) is 3.87. The highest BCUT2D eigenvalue weighted by molar-refractivity contribution is 6.65. The van der Waals surface area contributed by atoms with Crippen molar-refractivity contribution in [1.29, 1.82) is 0 Å². The van der Waals surface area contributed by atoms with Gasteiger partial charge in [0.25, 0.3) is 0 Å². The molecule has 86 valence electrons. The molecule has 0 aliphatic heterocycles. The minimum absolute atomic E-state index is 0.155. The van der Waals surface area contributed by atoms with Gasteiger partial charge in [-0.2, -0.15) is 0 Å². The Labute approximate surface area is 88.5 Å². The van der Waals surface area contributed by atoms with Crippen molar-refractivity contribution in [2.24, 2.45) is 11.3 Å². The molecule has 0 aromatic heterocycles. The van der Waals surface area contributed by atoms with Gasteiger partial charge in [0.15, 0.2) is 0 Å². The van der Waals surface area contributed by atoms with Crippen LogP contribution in [-0.4, -0.2) is 35.2 Å². The van der Waals surface area contributed by atoms with E-state index >= 15 is 0 Å². The smallest absolute Gasteiger partial charge is 0.385 e. The van der Waals surface area contributed by atoms with E-state index in [4.69, 9.17) is 14.3 Å². The molecule has 0 aliphatic rings. The van der Waals surface area contributed by atoms with Gasteiger partial charge in [0.2, 0.25) is 0 Å². The lowest BCUT2D eigenvalue weighted by Gasteiger charge is -2.32. The fourth-order valence-electron chi connectivity index (χ4n) is 1.48. The molecule has 5 heteroatoms. The third-order valence-electron chi connectivity index (χ3n) is 2.28. The molecule has 0 saturated carbocycles. The minimum atomic E-state index is -2.52. The first-order valence-electron chi connectivity index (χ1n) is 5.12. The maximum absolute atomic E-state index is 6.11. The second kappa shape index (κ2) is 6.52. The highest BCUT2D eigenvalue weighted by Crippen LogP contribution is 2.13. The first-order chi connectivity index (χ1) is 6.50. The van der Waals surface area contributed by atoms with Gasteiger partial charge in [-0.1, -0.05) is 20.8 Å². The zero-order chi connectivity index (χ0) is 11.2. The van der Waals surface area contributed by atoms with Crippen LogP contribution < -0.4 is 10.7 Å². The van der Waals surface area contributed by atoms with E-state index < -0.39 is 8.72 Å². The van der Waals surface area contributed by atoms with Crippen LogP contribution in [0.5, 0.6) is 0 Å². The van der Waals surface area contributed by atoms with Gasteiger partial charge in [-0.3, -0.25) is 0 Å². The molecular weight excluding hydrogens is 196 g/mol. The van der Waals surface area contributed by atoms with Crippen molar-refractivity contribution >= 4 is 8.72 Å². The Balaban J connectivity index is 4.43. The van der Waals surface area contributed by atoms with Gasteiger partial charge in [-0.05, 0) is 18.9 Å². The van der Waals surface area contributed by atoms with Crippen LogP contribution >= 0.6 is 0 Å². The van der Waals surface area contributed by atoms with E-state index in [2.05, 4.69) is 26.1 Å². The Kier molecular flexibility index (Phi) is 6.55. The van der Waals surface area contributed by atoms with Crippen LogP contribution in [-0.2, 0) is 8.85 Å². The maximum atomic E-state index is 6.11. The van der Waals surface area contributed by atoms with Crippen LogP contribution in [0.15, 0.2) is 0 Å². The summed E-state index contributed by atoms with van der Waals surface area (Å²) < 4.78 is 10.7. The number of hydrogen-bond donors (Lipinski definition) is 2. The highest BCUT2D eigenvalue weighted by atomic mass is 28.4. The van der Waals surface area contributed by atoms with Crippen molar-refractivity contribution in [3.05, 3.63) is 0 Å². The average Bonchev–Trinajstić information content (AvgIpc) is 2.15. The largest absolute Gasteiger partial charge is 0.439 e. The normalized spacial score (nSPS) is 14.8. The predicted molar refractivity (Wildman–Crippen MR) is 60.9 cm³/mol. The van der Waals surface area contributed by atoms with Gasteiger partial charge >= 0.3 is 8.72 Å². The fourth-order valence-corrected chi connectivity index (χ4v) is 3.50. The van der Waals surface area contributed by atoms with E-state index in [1.165, 1.54) is 0 Å². The summed E-state index contributed by atoms with van der Waals surface area (Å²) in [5, 5.41) is 9.45. The predicted octanol–water partition coefficient (Wildman–Crippen LogP) is 0.740. The van der Waals surface area contributed by atoms with E-state index in [-0.39, 0.29) is 5.67 Å². The Morgan fingerprint density at radius 3 is 2.07 bits per heavy atom. The Bertz CT molecular complexity index is 152. The summed E-state index contributed by atoms with van der Waals surface area (Å²) in [6.45, 7) is 7.29. The molecule has 0 spiro atoms. The lowest BCUT2D eigenvalue weighted by atomic mass is 10.1. The van der Waals surface area contributed by atoms with Crippen LogP contribution in [0.3, 0.4) is 0 Å². The van der Waals surface area contributed by atoms with Gasteiger partial charge in [0.05, 0.1) is 5.67 Å². The zero-order valence-corrected chi connectivity index (χ0v) is 11.0. The second-order valence-corrected chi connectivity index (χ2v) is 6.83. The molecule has 0 bridgehead atoms. The van der Waals surface area contributed by atoms with Crippen molar-refractivity contribution in [3.63, 3.8) is 0 Å². The van der Waals surface area contributed by atoms with Gasteiger partial charge in [0, 0.05) is 14.2 Å². The molecule has 0 heterocycles. The molecular formula is C9H24N2O2Si. The third kappa shape index (κ3) is 4.06. The summed E-state index contributed by atoms with van der Waals surface area (Å²) in [6, 6.07) is 0. The molecule has 0 saturated heterocycles. The Morgan fingerprint density at radius 2 is 1.79 bits per heavy atom. The van der Waals surface area contributed by atoms with Gasteiger partial charge in [-0.15, -0.1) is 0 Å². The molecule has 0 fully saturated rings. The fraction of sp³-hybridized carbons (Fsp3) is 1.00. The topological polar surface area (TPSA) is 56.5 Å². The van der Waals surface area contributed by atoms with Crippen LogP contribution in [0.2, 0.25) is 0 Å². The van der Waals surface area contributed by atoms with Crippen molar-refractivity contribution in [3.8, 4) is 0 Å². The number of rotatable bonds is 7. The molecule has 4 nitrogen and oxygen atoms in total. The van der Waals surface area contributed by atoms with E-state index in [1.54, 1.807) is 14.2 Å².